The zero-order chi connectivity index (χ0) is 16.2. The lowest BCUT2D eigenvalue weighted by atomic mass is 9.92. The number of aryl methyl sites for hydroxylation is 1. The van der Waals surface area contributed by atoms with Gasteiger partial charge in [0.05, 0.1) is 24.5 Å². The molecule has 0 unspecified atom stereocenters. The summed E-state index contributed by atoms with van der Waals surface area (Å²) in [6.07, 6.45) is 1.77. The van der Waals surface area contributed by atoms with Crippen molar-refractivity contribution in [3.05, 3.63) is 17.5 Å². The maximum absolute atomic E-state index is 12.6. The molecule has 120 valence electrons. The zero-order valence-corrected chi connectivity index (χ0v) is 13.6. The highest BCUT2D eigenvalue weighted by Gasteiger charge is 2.29. The van der Waals surface area contributed by atoms with Crippen LogP contribution in [0.1, 0.15) is 49.7 Å². The summed E-state index contributed by atoms with van der Waals surface area (Å²) in [7, 11) is 1.68. The van der Waals surface area contributed by atoms with Gasteiger partial charge in [-0.05, 0) is 12.8 Å². The van der Waals surface area contributed by atoms with E-state index in [2.05, 4.69) is 5.10 Å². The van der Waals surface area contributed by atoms with Gasteiger partial charge in [0.25, 0.3) is 5.91 Å². The lowest BCUT2D eigenvalue weighted by Gasteiger charge is -2.30. The summed E-state index contributed by atoms with van der Waals surface area (Å²) < 4.78 is 1.76. The SMILES string of the molecule is CCn1cc(C(=O)N(C)CC(C)(CO)CO)c(C(C)C)n1. The van der Waals surface area contributed by atoms with Crippen LogP contribution in [0.15, 0.2) is 6.20 Å². The van der Waals surface area contributed by atoms with Gasteiger partial charge >= 0.3 is 0 Å². The summed E-state index contributed by atoms with van der Waals surface area (Å²) in [4.78, 5) is 14.2. The molecular formula is C15H27N3O3. The first-order valence-corrected chi connectivity index (χ1v) is 7.32. The van der Waals surface area contributed by atoms with E-state index in [9.17, 15) is 15.0 Å². The topological polar surface area (TPSA) is 78.6 Å². The molecule has 0 aliphatic rings. The third-order valence-electron chi connectivity index (χ3n) is 3.62. The van der Waals surface area contributed by atoms with Gasteiger partial charge in [-0.15, -0.1) is 0 Å². The third-order valence-corrected chi connectivity index (χ3v) is 3.62. The Balaban J connectivity index is 3.00. The Morgan fingerprint density at radius 1 is 1.43 bits per heavy atom. The summed E-state index contributed by atoms with van der Waals surface area (Å²) in [6.45, 7) is 8.38. The first-order valence-electron chi connectivity index (χ1n) is 7.32. The standard InChI is InChI=1S/C15H27N3O3/c1-6-18-7-12(13(16-18)11(2)3)14(21)17(5)8-15(4,9-19)10-20/h7,11,19-20H,6,8-10H2,1-5H3. The molecule has 0 aliphatic carbocycles. The first-order chi connectivity index (χ1) is 9.77. The van der Waals surface area contributed by atoms with Crippen LogP contribution in [0, 0.1) is 5.41 Å². The predicted octanol–water partition coefficient (Wildman–Crippen LogP) is 1.09. The van der Waals surface area contributed by atoms with Crippen LogP contribution in [0.2, 0.25) is 0 Å². The molecule has 6 heteroatoms. The van der Waals surface area contributed by atoms with Crippen LogP contribution in [0.5, 0.6) is 0 Å². The van der Waals surface area contributed by atoms with Gasteiger partial charge in [-0.2, -0.15) is 5.10 Å². The van der Waals surface area contributed by atoms with Crippen LogP contribution in [0.3, 0.4) is 0 Å². The predicted molar refractivity (Wildman–Crippen MR) is 81.2 cm³/mol. The fourth-order valence-electron chi connectivity index (χ4n) is 2.19. The van der Waals surface area contributed by atoms with Crippen molar-refractivity contribution in [1.29, 1.82) is 0 Å². The van der Waals surface area contributed by atoms with Crippen molar-refractivity contribution in [2.75, 3.05) is 26.8 Å². The second-order valence-electron chi connectivity index (χ2n) is 6.23. The van der Waals surface area contributed by atoms with E-state index in [4.69, 9.17) is 0 Å². The van der Waals surface area contributed by atoms with Crippen molar-refractivity contribution in [3.63, 3.8) is 0 Å². The van der Waals surface area contributed by atoms with Gasteiger partial charge in [0.2, 0.25) is 0 Å². The van der Waals surface area contributed by atoms with Crippen LogP contribution in [0.4, 0.5) is 0 Å². The second kappa shape index (κ2) is 7.04. The van der Waals surface area contributed by atoms with Gasteiger partial charge in [-0.25, -0.2) is 0 Å². The van der Waals surface area contributed by atoms with Gasteiger partial charge in [0, 0.05) is 31.7 Å². The van der Waals surface area contributed by atoms with Crippen molar-refractivity contribution < 1.29 is 15.0 Å². The molecule has 1 aromatic rings. The number of nitrogens with zero attached hydrogens (tertiary/aromatic N) is 3. The average molecular weight is 297 g/mol. The fraction of sp³-hybridized carbons (Fsp3) is 0.733. The molecule has 6 nitrogen and oxygen atoms in total. The van der Waals surface area contributed by atoms with Crippen LogP contribution in [-0.2, 0) is 6.54 Å². The molecule has 1 heterocycles. The summed E-state index contributed by atoms with van der Waals surface area (Å²) in [6, 6.07) is 0. The van der Waals surface area contributed by atoms with E-state index in [0.717, 1.165) is 5.69 Å². The Labute approximate surface area is 126 Å². The lowest BCUT2D eigenvalue weighted by Crippen LogP contribution is -2.41. The number of carbonyl (C=O) groups excluding carboxylic acids is 1. The van der Waals surface area contributed by atoms with E-state index < -0.39 is 5.41 Å². The Hall–Kier alpha value is -1.40. The number of hydrogen-bond acceptors (Lipinski definition) is 4. The molecule has 0 aliphatic heterocycles. The van der Waals surface area contributed by atoms with Gasteiger partial charge in [-0.1, -0.05) is 20.8 Å². The first kappa shape index (κ1) is 17.7. The second-order valence-corrected chi connectivity index (χ2v) is 6.23. The number of aliphatic hydroxyl groups is 2. The van der Waals surface area contributed by atoms with E-state index in [0.29, 0.717) is 12.1 Å². The number of aromatic nitrogens is 2. The van der Waals surface area contributed by atoms with Crippen LogP contribution in [0.25, 0.3) is 0 Å². The Morgan fingerprint density at radius 3 is 2.43 bits per heavy atom. The Kier molecular flexibility index (Phi) is 5.92. The zero-order valence-electron chi connectivity index (χ0n) is 13.6. The van der Waals surface area contributed by atoms with Crippen LogP contribution < -0.4 is 0 Å². The molecule has 21 heavy (non-hydrogen) atoms. The Bertz CT molecular complexity index is 479. The molecule has 1 aromatic heterocycles. The van der Waals surface area contributed by atoms with Gasteiger partial charge in [0.15, 0.2) is 0 Å². The molecule has 0 atom stereocenters. The summed E-state index contributed by atoms with van der Waals surface area (Å²) in [5, 5.41) is 23.2. The molecule has 0 spiro atoms. The maximum atomic E-state index is 12.6. The molecule has 1 rings (SSSR count). The number of carbonyl (C=O) groups is 1. The largest absolute Gasteiger partial charge is 0.396 e. The van der Waals surface area contributed by atoms with E-state index in [1.54, 1.807) is 24.9 Å². The van der Waals surface area contributed by atoms with E-state index in [1.807, 2.05) is 20.8 Å². The van der Waals surface area contributed by atoms with Crippen LogP contribution in [-0.4, -0.2) is 57.6 Å². The van der Waals surface area contributed by atoms with E-state index in [1.165, 1.54) is 4.90 Å². The van der Waals surface area contributed by atoms with E-state index >= 15 is 0 Å². The highest BCUT2D eigenvalue weighted by atomic mass is 16.3. The van der Waals surface area contributed by atoms with Gasteiger partial charge in [-0.3, -0.25) is 9.48 Å². The molecule has 0 saturated heterocycles. The minimum Gasteiger partial charge on any atom is -0.396 e. The molecular weight excluding hydrogens is 270 g/mol. The van der Waals surface area contributed by atoms with Crippen molar-refractivity contribution in [1.82, 2.24) is 14.7 Å². The normalized spacial score (nSPS) is 12.0. The molecule has 0 bridgehead atoms. The number of hydrogen-bond donors (Lipinski definition) is 2. The highest BCUT2D eigenvalue weighted by molar-refractivity contribution is 5.95. The molecule has 0 fully saturated rings. The molecule has 2 N–H and O–H groups in total. The highest BCUT2D eigenvalue weighted by Crippen LogP contribution is 2.21. The fourth-order valence-corrected chi connectivity index (χ4v) is 2.19. The van der Waals surface area contributed by atoms with Crippen molar-refractivity contribution in [2.45, 2.75) is 40.2 Å². The molecule has 0 radical (unpaired) electrons. The average Bonchev–Trinajstić information content (AvgIpc) is 2.90. The summed E-state index contributed by atoms with van der Waals surface area (Å²) in [5.41, 5.74) is 0.666. The molecule has 0 saturated carbocycles. The third kappa shape index (κ3) is 4.04. The minimum atomic E-state index is -0.705. The summed E-state index contributed by atoms with van der Waals surface area (Å²) >= 11 is 0. The van der Waals surface area contributed by atoms with E-state index in [-0.39, 0.29) is 31.6 Å². The number of aliphatic hydroxyl groups excluding tert-OH is 2. The quantitative estimate of drug-likeness (QED) is 0.789. The van der Waals surface area contributed by atoms with Crippen molar-refractivity contribution in [3.8, 4) is 0 Å². The van der Waals surface area contributed by atoms with Gasteiger partial charge in [0.1, 0.15) is 0 Å². The summed E-state index contributed by atoms with van der Waals surface area (Å²) in [5.74, 6) is 0.0266. The van der Waals surface area contributed by atoms with Crippen LogP contribution >= 0.6 is 0 Å². The minimum absolute atomic E-state index is 0.133. The van der Waals surface area contributed by atoms with Crippen molar-refractivity contribution >= 4 is 5.91 Å². The Morgan fingerprint density at radius 2 is 2.00 bits per heavy atom. The molecule has 1 amide bonds. The number of amides is 1. The molecule has 0 aromatic carbocycles. The lowest BCUT2D eigenvalue weighted by molar-refractivity contribution is 0.0365. The van der Waals surface area contributed by atoms with Gasteiger partial charge < -0.3 is 15.1 Å². The number of rotatable bonds is 7. The maximum Gasteiger partial charge on any atom is 0.257 e. The monoisotopic (exact) mass is 297 g/mol. The van der Waals surface area contributed by atoms with Crippen molar-refractivity contribution in [2.24, 2.45) is 5.41 Å². The smallest absolute Gasteiger partial charge is 0.257 e.